The minimum Gasteiger partial charge on any atom is -0.331 e. The second-order valence-corrected chi connectivity index (χ2v) is 5.71. The van der Waals surface area contributed by atoms with Gasteiger partial charge in [-0.3, -0.25) is 14.6 Å². The molecule has 1 aromatic carbocycles. The molecule has 0 saturated carbocycles. The van der Waals surface area contributed by atoms with Gasteiger partial charge in [-0.1, -0.05) is 18.2 Å². The average Bonchev–Trinajstić information content (AvgIpc) is 3.11. The van der Waals surface area contributed by atoms with Crippen molar-refractivity contribution in [3.05, 3.63) is 65.3 Å². The summed E-state index contributed by atoms with van der Waals surface area (Å²) in [6.45, 7) is 4.92. The van der Waals surface area contributed by atoms with E-state index in [1.807, 2.05) is 25.1 Å². The molecule has 0 radical (unpaired) electrons. The summed E-state index contributed by atoms with van der Waals surface area (Å²) in [6.07, 6.45) is 6.91. The standard InChI is InChI=1S/C18H18N4O2/c1-12-5-6-14(18(24)22-7-3-4-8-22)9-15(12)21-17(23)16-11-19-13(2)10-20-16/h3-6,9-11H,7-8H2,1-2H3,(H,21,23). The van der Waals surface area contributed by atoms with E-state index in [0.717, 1.165) is 11.3 Å². The van der Waals surface area contributed by atoms with Crippen LogP contribution in [0, 0.1) is 13.8 Å². The molecule has 1 aliphatic rings. The SMILES string of the molecule is Cc1cnc(C(=O)Nc2cc(C(=O)N3CC=CC3)ccc2C)cn1. The number of nitrogens with one attached hydrogen (secondary N) is 1. The highest BCUT2D eigenvalue weighted by atomic mass is 16.2. The predicted octanol–water partition coefficient (Wildman–Crippen LogP) is 2.36. The third-order valence-electron chi connectivity index (χ3n) is 3.85. The first-order valence-corrected chi connectivity index (χ1v) is 7.69. The molecule has 1 aliphatic heterocycles. The van der Waals surface area contributed by atoms with Crippen LogP contribution in [0.5, 0.6) is 0 Å². The summed E-state index contributed by atoms with van der Waals surface area (Å²) in [5, 5.41) is 2.80. The molecule has 0 atom stereocenters. The van der Waals surface area contributed by atoms with Crippen LogP contribution in [0.4, 0.5) is 5.69 Å². The molecule has 0 bridgehead atoms. The van der Waals surface area contributed by atoms with Crippen molar-refractivity contribution in [1.29, 1.82) is 0 Å². The fourth-order valence-corrected chi connectivity index (χ4v) is 2.41. The lowest BCUT2D eigenvalue weighted by Gasteiger charge is -2.16. The fourth-order valence-electron chi connectivity index (χ4n) is 2.41. The number of hydrogen-bond donors (Lipinski definition) is 1. The van der Waals surface area contributed by atoms with E-state index in [1.54, 1.807) is 30.2 Å². The summed E-state index contributed by atoms with van der Waals surface area (Å²) >= 11 is 0. The lowest BCUT2D eigenvalue weighted by atomic mass is 10.1. The van der Waals surface area contributed by atoms with Crippen molar-refractivity contribution in [3.8, 4) is 0 Å². The number of carbonyl (C=O) groups is 2. The average molecular weight is 322 g/mol. The maximum Gasteiger partial charge on any atom is 0.275 e. The quantitative estimate of drug-likeness (QED) is 0.880. The first kappa shape index (κ1) is 15.9. The van der Waals surface area contributed by atoms with Crippen LogP contribution < -0.4 is 5.32 Å². The van der Waals surface area contributed by atoms with Gasteiger partial charge in [-0.05, 0) is 31.5 Å². The van der Waals surface area contributed by atoms with Gasteiger partial charge in [0, 0.05) is 30.5 Å². The third kappa shape index (κ3) is 3.32. The molecule has 0 unspecified atom stereocenters. The number of benzene rings is 1. The Morgan fingerprint density at radius 1 is 1.08 bits per heavy atom. The first-order chi connectivity index (χ1) is 11.5. The second-order valence-electron chi connectivity index (χ2n) is 5.71. The summed E-state index contributed by atoms with van der Waals surface area (Å²) in [5.74, 6) is -0.399. The largest absolute Gasteiger partial charge is 0.331 e. The van der Waals surface area contributed by atoms with E-state index in [9.17, 15) is 9.59 Å². The molecule has 2 heterocycles. The van der Waals surface area contributed by atoms with Crippen LogP contribution in [-0.2, 0) is 0 Å². The molecule has 0 spiro atoms. The maximum atomic E-state index is 12.5. The molecule has 24 heavy (non-hydrogen) atoms. The zero-order valence-corrected chi connectivity index (χ0v) is 13.6. The number of hydrogen-bond acceptors (Lipinski definition) is 4. The maximum absolute atomic E-state index is 12.5. The molecular weight excluding hydrogens is 304 g/mol. The van der Waals surface area contributed by atoms with Crippen LogP contribution in [0.15, 0.2) is 42.7 Å². The van der Waals surface area contributed by atoms with Crippen molar-refractivity contribution in [1.82, 2.24) is 14.9 Å². The molecule has 6 heteroatoms. The van der Waals surface area contributed by atoms with E-state index in [4.69, 9.17) is 0 Å². The Kier molecular flexibility index (Phi) is 4.37. The summed E-state index contributed by atoms with van der Waals surface area (Å²) < 4.78 is 0. The lowest BCUT2D eigenvalue weighted by Crippen LogP contribution is -2.28. The number of aryl methyl sites for hydroxylation is 2. The molecule has 3 rings (SSSR count). The molecular formula is C18H18N4O2. The third-order valence-corrected chi connectivity index (χ3v) is 3.85. The second kappa shape index (κ2) is 6.62. The molecule has 0 aliphatic carbocycles. The lowest BCUT2D eigenvalue weighted by molar-refractivity contribution is 0.0799. The van der Waals surface area contributed by atoms with Crippen LogP contribution in [0.25, 0.3) is 0 Å². The Morgan fingerprint density at radius 2 is 1.83 bits per heavy atom. The van der Waals surface area contributed by atoms with Gasteiger partial charge >= 0.3 is 0 Å². The van der Waals surface area contributed by atoms with Crippen molar-refractivity contribution in [3.63, 3.8) is 0 Å². The molecule has 0 saturated heterocycles. The van der Waals surface area contributed by atoms with Gasteiger partial charge < -0.3 is 10.2 Å². The van der Waals surface area contributed by atoms with Crippen molar-refractivity contribution in [2.75, 3.05) is 18.4 Å². The molecule has 6 nitrogen and oxygen atoms in total. The van der Waals surface area contributed by atoms with Gasteiger partial charge in [0.15, 0.2) is 0 Å². The number of anilines is 1. The zero-order chi connectivity index (χ0) is 17.1. The van der Waals surface area contributed by atoms with Crippen LogP contribution in [0.1, 0.15) is 32.1 Å². The Balaban J connectivity index is 1.80. The van der Waals surface area contributed by atoms with Gasteiger partial charge in [0.25, 0.3) is 11.8 Å². The molecule has 2 amide bonds. The number of aromatic nitrogens is 2. The van der Waals surface area contributed by atoms with Crippen molar-refractivity contribution in [2.45, 2.75) is 13.8 Å². The molecule has 0 fully saturated rings. The van der Waals surface area contributed by atoms with E-state index in [0.29, 0.717) is 24.3 Å². The normalized spacial score (nSPS) is 13.2. The Morgan fingerprint density at radius 3 is 2.50 bits per heavy atom. The summed E-state index contributed by atoms with van der Waals surface area (Å²) in [7, 11) is 0. The number of rotatable bonds is 3. The van der Waals surface area contributed by atoms with Gasteiger partial charge in [0.2, 0.25) is 0 Å². The van der Waals surface area contributed by atoms with E-state index >= 15 is 0 Å². The number of amides is 2. The fraction of sp³-hybridized carbons (Fsp3) is 0.222. The van der Waals surface area contributed by atoms with Gasteiger partial charge in [-0.25, -0.2) is 4.98 Å². The highest BCUT2D eigenvalue weighted by Gasteiger charge is 2.18. The van der Waals surface area contributed by atoms with Crippen molar-refractivity contribution < 1.29 is 9.59 Å². The smallest absolute Gasteiger partial charge is 0.275 e. The van der Waals surface area contributed by atoms with E-state index in [1.165, 1.54) is 6.20 Å². The van der Waals surface area contributed by atoms with Gasteiger partial charge in [-0.2, -0.15) is 0 Å². The van der Waals surface area contributed by atoms with Crippen molar-refractivity contribution >= 4 is 17.5 Å². The van der Waals surface area contributed by atoms with Crippen LogP contribution >= 0.6 is 0 Å². The Hall–Kier alpha value is -3.02. The van der Waals surface area contributed by atoms with Gasteiger partial charge in [-0.15, -0.1) is 0 Å². The molecule has 122 valence electrons. The summed E-state index contributed by atoms with van der Waals surface area (Å²) in [6, 6.07) is 5.31. The van der Waals surface area contributed by atoms with Gasteiger partial charge in [0.05, 0.1) is 11.9 Å². The predicted molar refractivity (Wildman–Crippen MR) is 90.9 cm³/mol. The van der Waals surface area contributed by atoms with Crippen LogP contribution in [0.2, 0.25) is 0 Å². The van der Waals surface area contributed by atoms with E-state index < -0.39 is 0 Å². The zero-order valence-electron chi connectivity index (χ0n) is 13.6. The highest BCUT2D eigenvalue weighted by molar-refractivity contribution is 6.04. The Bertz CT molecular complexity index is 804. The first-order valence-electron chi connectivity index (χ1n) is 7.69. The molecule has 2 aromatic rings. The summed E-state index contributed by atoms with van der Waals surface area (Å²) in [5.41, 5.74) is 3.00. The summed E-state index contributed by atoms with van der Waals surface area (Å²) in [4.78, 5) is 34.6. The molecule has 1 aromatic heterocycles. The van der Waals surface area contributed by atoms with Gasteiger partial charge in [0.1, 0.15) is 5.69 Å². The molecule has 1 N–H and O–H groups in total. The van der Waals surface area contributed by atoms with E-state index in [2.05, 4.69) is 15.3 Å². The minimum atomic E-state index is -0.349. The highest BCUT2D eigenvalue weighted by Crippen LogP contribution is 2.19. The number of nitrogens with zero attached hydrogens (tertiary/aromatic N) is 3. The van der Waals surface area contributed by atoms with Crippen LogP contribution in [-0.4, -0.2) is 39.8 Å². The monoisotopic (exact) mass is 322 g/mol. The van der Waals surface area contributed by atoms with Crippen LogP contribution in [0.3, 0.4) is 0 Å². The topological polar surface area (TPSA) is 75.2 Å². The van der Waals surface area contributed by atoms with Crippen molar-refractivity contribution in [2.24, 2.45) is 0 Å². The minimum absolute atomic E-state index is 0.0503. The van der Waals surface area contributed by atoms with E-state index in [-0.39, 0.29) is 17.5 Å². The number of carbonyl (C=O) groups excluding carboxylic acids is 2. The Labute approximate surface area is 140 Å².